The van der Waals surface area contributed by atoms with Crippen molar-refractivity contribution in [1.29, 1.82) is 0 Å². The maximum atomic E-state index is 13.1. The van der Waals surface area contributed by atoms with Crippen LogP contribution >= 0.6 is 0 Å². The normalized spacial score (nSPS) is 15.1. The van der Waals surface area contributed by atoms with Crippen LogP contribution in [0.3, 0.4) is 0 Å². The van der Waals surface area contributed by atoms with Gasteiger partial charge in [-0.25, -0.2) is 0 Å². The summed E-state index contributed by atoms with van der Waals surface area (Å²) in [5, 5.41) is 2.95. The molecule has 30 heavy (non-hydrogen) atoms. The summed E-state index contributed by atoms with van der Waals surface area (Å²) in [6, 6.07) is 18.3. The molecule has 0 aliphatic carbocycles. The number of nitrogens with zero attached hydrogens (tertiary/aromatic N) is 2. The molecule has 6 nitrogen and oxygen atoms in total. The van der Waals surface area contributed by atoms with E-state index < -0.39 is 6.04 Å². The van der Waals surface area contributed by atoms with E-state index in [1.807, 2.05) is 55.5 Å². The van der Waals surface area contributed by atoms with Gasteiger partial charge in [0.2, 0.25) is 5.91 Å². The van der Waals surface area contributed by atoms with E-state index in [1.54, 1.807) is 30.3 Å². The van der Waals surface area contributed by atoms with Gasteiger partial charge in [0.25, 0.3) is 5.91 Å². The maximum Gasteiger partial charge on any atom is 0.260 e. The fourth-order valence-electron chi connectivity index (χ4n) is 3.71. The molecule has 0 bridgehead atoms. The highest BCUT2D eigenvalue weighted by Crippen LogP contribution is 2.38. The molecule has 0 saturated heterocycles. The summed E-state index contributed by atoms with van der Waals surface area (Å²) in [5.74, 6) is 0.502. The minimum Gasteiger partial charge on any atom is -0.497 e. The first kappa shape index (κ1) is 19.6. The molecule has 0 fully saturated rings. The number of amides is 2. The molecule has 152 valence electrons. The first-order valence-electron chi connectivity index (χ1n) is 9.81. The van der Waals surface area contributed by atoms with Crippen molar-refractivity contribution in [3.63, 3.8) is 0 Å². The van der Waals surface area contributed by atoms with Gasteiger partial charge in [-0.2, -0.15) is 0 Å². The smallest absolute Gasteiger partial charge is 0.260 e. The fraction of sp³-hybridized carbons (Fsp3) is 0.208. The molecule has 0 radical (unpaired) electrons. The summed E-state index contributed by atoms with van der Waals surface area (Å²) in [5.41, 5.74) is 3.98. The van der Waals surface area contributed by atoms with Crippen LogP contribution in [0.4, 0.5) is 5.69 Å². The van der Waals surface area contributed by atoms with Gasteiger partial charge in [0, 0.05) is 18.4 Å². The SMILES string of the molecule is COc1ccc(CNC(=O)C[C@@H]2c3ncccc3C(=O)N2c2cccc(C)c2)cc1. The zero-order valence-corrected chi connectivity index (χ0v) is 17.0. The number of aromatic nitrogens is 1. The van der Waals surface area contributed by atoms with Crippen LogP contribution in [0.5, 0.6) is 5.75 Å². The van der Waals surface area contributed by atoms with E-state index in [0.717, 1.165) is 22.6 Å². The van der Waals surface area contributed by atoms with Crippen molar-refractivity contribution in [2.75, 3.05) is 12.0 Å². The number of ether oxygens (including phenoxy) is 1. The summed E-state index contributed by atoms with van der Waals surface area (Å²) in [6.45, 7) is 2.38. The average molecular weight is 401 g/mol. The van der Waals surface area contributed by atoms with E-state index in [2.05, 4.69) is 10.3 Å². The van der Waals surface area contributed by atoms with Gasteiger partial charge in [-0.15, -0.1) is 0 Å². The van der Waals surface area contributed by atoms with Gasteiger partial charge < -0.3 is 10.1 Å². The second kappa shape index (κ2) is 8.37. The molecule has 4 rings (SSSR count). The highest BCUT2D eigenvalue weighted by molar-refractivity contribution is 6.11. The van der Waals surface area contributed by atoms with E-state index in [4.69, 9.17) is 4.74 Å². The van der Waals surface area contributed by atoms with Crippen LogP contribution in [0.15, 0.2) is 66.9 Å². The van der Waals surface area contributed by atoms with Crippen LogP contribution in [0.25, 0.3) is 0 Å². The Morgan fingerprint density at radius 1 is 1.13 bits per heavy atom. The Hall–Kier alpha value is -3.67. The predicted molar refractivity (Wildman–Crippen MR) is 114 cm³/mol. The maximum absolute atomic E-state index is 13.1. The Labute approximate surface area is 175 Å². The van der Waals surface area contributed by atoms with E-state index in [1.165, 1.54) is 0 Å². The van der Waals surface area contributed by atoms with Crippen LogP contribution in [0.1, 0.15) is 39.6 Å². The predicted octanol–water partition coefficient (Wildman–Crippen LogP) is 3.81. The van der Waals surface area contributed by atoms with Crippen molar-refractivity contribution in [1.82, 2.24) is 10.3 Å². The molecular formula is C24H23N3O3. The molecular weight excluding hydrogens is 378 g/mol. The Kier molecular flexibility index (Phi) is 5.48. The van der Waals surface area contributed by atoms with Crippen molar-refractivity contribution in [2.45, 2.75) is 25.9 Å². The van der Waals surface area contributed by atoms with E-state index in [-0.39, 0.29) is 18.2 Å². The number of aryl methyl sites for hydroxylation is 1. The second-order valence-corrected chi connectivity index (χ2v) is 7.30. The number of hydrogen-bond acceptors (Lipinski definition) is 4. The third-order valence-corrected chi connectivity index (χ3v) is 5.22. The van der Waals surface area contributed by atoms with Crippen molar-refractivity contribution < 1.29 is 14.3 Å². The fourth-order valence-corrected chi connectivity index (χ4v) is 3.71. The number of anilines is 1. The third kappa shape index (κ3) is 3.89. The molecule has 2 heterocycles. The summed E-state index contributed by atoms with van der Waals surface area (Å²) >= 11 is 0. The molecule has 0 saturated carbocycles. The lowest BCUT2D eigenvalue weighted by molar-refractivity contribution is -0.121. The van der Waals surface area contributed by atoms with Gasteiger partial charge in [-0.3, -0.25) is 19.5 Å². The highest BCUT2D eigenvalue weighted by atomic mass is 16.5. The number of carbonyl (C=O) groups is 2. The molecule has 1 aliphatic heterocycles. The van der Waals surface area contributed by atoms with Crippen LogP contribution in [-0.2, 0) is 11.3 Å². The molecule has 6 heteroatoms. The molecule has 2 amide bonds. The standard InChI is InChI=1S/C24H23N3O3/c1-16-5-3-6-18(13-16)27-21(23-20(24(27)29)7-4-12-25-23)14-22(28)26-15-17-8-10-19(30-2)11-9-17/h3-13,21H,14-15H2,1-2H3,(H,26,28)/t21-/m1/s1. The number of fused-ring (bicyclic) bond motifs is 1. The van der Waals surface area contributed by atoms with Crippen molar-refractivity contribution in [3.8, 4) is 5.75 Å². The summed E-state index contributed by atoms with van der Waals surface area (Å²) in [6.07, 6.45) is 1.80. The first-order valence-corrected chi connectivity index (χ1v) is 9.81. The lowest BCUT2D eigenvalue weighted by atomic mass is 10.1. The van der Waals surface area contributed by atoms with Gasteiger partial charge in [0.05, 0.1) is 30.8 Å². The van der Waals surface area contributed by atoms with Crippen molar-refractivity contribution in [3.05, 3.63) is 89.2 Å². The van der Waals surface area contributed by atoms with E-state index >= 15 is 0 Å². The third-order valence-electron chi connectivity index (χ3n) is 5.22. The molecule has 2 aromatic carbocycles. The largest absolute Gasteiger partial charge is 0.497 e. The molecule has 1 atom stereocenters. The van der Waals surface area contributed by atoms with Crippen LogP contribution in [-0.4, -0.2) is 23.9 Å². The first-order chi connectivity index (χ1) is 14.6. The zero-order chi connectivity index (χ0) is 21.1. The molecule has 0 spiro atoms. The highest BCUT2D eigenvalue weighted by Gasteiger charge is 2.39. The quantitative estimate of drug-likeness (QED) is 0.682. The molecule has 0 unspecified atom stereocenters. The van der Waals surface area contributed by atoms with Gasteiger partial charge >= 0.3 is 0 Å². The van der Waals surface area contributed by atoms with Crippen LogP contribution in [0.2, 0.25) is 0 Å². The number of hydrogen-bond donors (Lipinski definition) is 1. The number of methoxy groups -OCH3 is 1. The lowest BCUT2D eigenvalue weighted by Crippen LogP contribution is -2.33. The molecule has 1 N–H and O–H groups in total. The van der Waals surface area contributed by atoms with Gasteiger partial charge in [-0.05, 0) is 54.4 Å². The molecule has 1 aliphatic rings. The van der Waals surface area contributed by atoms with Crippen molar-refractivity contribution >= 4 is 17.5 Å². The minimum atomic E-state index is -0.439. The summed E-state index contributed by atoms with van der Waals surface area (Å²) in [7, 11) is 1.62. The number of pyridine rings is 1. The Bertz CT molecular complexity index is 1080. The monoisotopic (exact) mass is 401 g/mol. The van der Waals surface area contributed by atoms with Crippen molar-refractivity contribution in [2.24, 2.45) is 0 Å². The minimum absolute atomic E-state index is 0.128. The second-order valence-electron chi connectivity index (χ2n) is 7.30. The molecule has 1 aromatic heterocycles. The summed E-state index contributed by atoms with van der Waals surface area (Å²) < 4.78 is 5.16. The summed E-state index contributed by atoms with van der Waals surface area (Å²) in [4.78, 5) is 31.9. The number of carbonyl (C=O) groups excluding carboxylic acids is 2. The number of rotatable bonds is 6. The van der Waals surface area contributed by atoms with Gasteiger partial charge in [0.15, 0.2) is 0 Å². The van der Waals surface area contributed by atoms with Crippen LogP contribution in [0, 0.1) is 6.92 Å². The van der Waals surface area contributed by atoms with Gasteiger partial charge in [0.1, 0.15) is 5.75 Å². The Morgan fingerprint density at radius 3 is 2.67 bits per heavy atom. The number of benzene rings is 2. The van der Waals surface area contributed by atoms with E-state index in [9.17, 15) is 9.59 Å². The molecule has 3 aromatic rings. The van der Waals surface area contributed by atoms with Gasteiger partial charge in [-0.1, -0.05) is 24.3 Å². The Morgan fingerprint density at radius 2 is 1.93 bits per heavy atom. The average Bonchev–Trinajstić information content (AvgIpc) is 3.04. The lowest BCUT2D eigenvalue weighted by Gasteiger charge is -2.25. The Balaban J connectivity index is 1.53. The topological polar surface area (TPSA) is 71.5 Å². The zero-order valence-electron chi connectivity index (χ0n) is 17.0. The van der Waals surface area contributed by atoms with Crippen LogP contribution < -0.4 is 15.0 Å². The number of nitrogens with one attached hydrogen (secondary N) is 1. The van der Waals surface area contributed by atoms with E-state index in [0.29, 0.717) is 17.8 Å².